The lowest BCUT2D eigenvalue weighted by atomic mass is 10.5. The van der Waals surface area contributed by atoms with E-state index < -0.39 is 6.17 Å². The molecular formula is C8H16F2N2O. The number of hydrogen-bond donors (Lipinski definition) is 0. The molecule has 1 saturated heterocycles. The number of ether oxygens (including phenoxy) is 1. The quantitative estimate of drug-likeness (QED) is 0.487. The maximum atomic E-state index is 13.2. The van der Waals surface area contributed by atoms with Gasteiger partial charge in [-0.25, -0.2) is 9.80 Å². The van der Waals surface area contributed by atoms with Crippen LogP contribution in [0.25, 0.3) is 0 Å². The van der Waals surface area contributed by atoms with Crippen LogP contribution in [0.3, 0.4) is 0 Å². The second-order valence-electron chi connectivity index (χ2n) is 3.12. The van der Waals surface area contributed by atoms with Crippen molar-refractivity contribution in [1.29, 1.82) is 0 Å². The predicted molar refractivity (Wildman–Crippen MR) is 45.6 cm³/mol. The number of alkyl halides is 2. The lowest BCUT2D eigenvalue weighted by Gasteiger charge is -2.26. The van der Waals surface area contributed by atoms with Gasteiger partial charge >= 0.3 is 6.17 Å². The molecule has 13 heavy (non-hydrogen) atoms. The van der Waals surface area contributed by atoms with Crippen molar-refractivity contribution in [2.24, 2.45) is 0 Å². The van der Waals surface area contributed by atoms with Gasteiger partial charge in [0.25, 0.3) is 0 Å². The van der Waals surface area contributed by atoms with E-state index >= 15 is 0 Å². The van der Waals surface area contributed by atoms with Crippen LogP contribution in [-0.4, -0.2) is 55.9 Å². The third kappa shape index (κ3) is 2.36. The van der Waals surface area contributed by atoms with Crippen molar-refractivity contribution >= 4 is 0 Å². The molecule has 0 unspecified atom stereocenters. The fourth-order valence-electron chi connectivity index (χ4n) is 1.35. The van der Waals surface area contributed by atoms with Gasteiger partial charge in [0, 0.05) is 26.2 Å². The molecule has 0 radical (unpaired) electrons. The fourth-order valence-corrected chi connectivity index (χ4v) is 1.35. The van der Waals surface area contributed by atoms with Crippen LogP contribution in [-0.2, 0) is 4.74 Å². The van der Waals surface area contributed by atoms with Crippen molar-refractivity contribution < 1.29 is 13.5 Å². The Morgan fingerprint density at radius 3 is 2.54 bits per heavy atom. The van der Waals surface area contributed by atoms with E-state index in [-0.39, 0.29) is 0 Å². The van der Waals surface area contributed by atoms with Crippen LogP contribution in [0.15, 0.2) is 0 Å². The van der Waals surface area contributed by atoms with Gasteiger partial charge in [0.2, 0.25) is 0 Å². The summed E-state index contributed by atoms with van der Waals surface area (Å²) in [4.78, 5) is 2.20. The third-order valence-electron chi connectivity index (χ3n) is 2.25. The average molecular weight is 194 g/mol. The molecule has 1 fully saturated rings. The smallest absolute Gasteiger partial charge is 0.369 e. The Kier molecular flexibility index (Phi) is 3.58. The van der Waals surface area contributed by atoms with Crippen LogP contribution in [0.4, 0.5) is 8.78 Å². The fraction of sp³-hybridized carbons (Fsp3) is 1.00. The van der Waals surface area contributed by atoms with Gasteiger partial charge in [0.15, 0.2) is 0 Å². The van der Waals surface area contributed by atoms with Crippen molar-refractivity contribution in [3.05, 3.63) is 0 Å². The first-order valence-corrected chi connectivity index (χ1v) is 4.51. The van der Waals surface area contributed by atoms with Crippen LogP contribution in [0, 0.1) is 0 Å². The molecule has 78 valence electrons. The first-order chi connectivity index (χ1) is 6.09. The Morgan fingerprint density at radius 2 is 2.08 bits per heavy atom. The maximum Gasteiger partial charge on any atom is 0.369 e. The van der Waals surface area contributed by atoms with Crippen molar-refractivity contribution in [3.8, 4) is 0 Å². The van der Waals surface area contributed by atoms with Gasteiger partial charge in [0.1, 0.15) is 0 Å². The van der Waals surface area contributed by atoms with Crippen LogP contribution in [0.5, 0.6) is 0 Å². The van der Waals surface area contributed by atoms with E-state index in [0.29, 0.717) is 32.8 Å². The Hall–Kier alpha value is -0.260. The summed E-state index contributed by atoms with van der Waals surface area (Å²) in [6.45, 7) is 3.93. The van der Waals surface area contributed by atoms with Gasteiger partial charge < -0.3 is 4.74 Å². The highest BCUT2D eigenvalue weighted by molar-refractivity contribution is 4.77. The topological polar surface area (TPSA) is 15.7 Å². The van der Waals surface area contributed by atoms with Crippen LogP contribution >= 0.6 is 0 Å². The molecule has 1 heterocycles. The molecule has 0 amide bonds. The first-order valence-electron chi connectivity index (χ1n) is 4.51. The highest BCUT2D eigenvalue weighted by atomic mass is 19.3. The minimum absolute atomic E-state index is 0.297. The van der Waals surface area contributed by atoms with E-state index in [9.17, 15) is 8.78 Å². The molecule has 0 N–H and O–H groups in total. The molecule has 1 aliphatic heterocycles. The van der Waals surface area contributed by atoms with E-state index in [1.807, 2.05) is 6.92 Å². The van der Waals surface area contributed by atoms with Crippen molar-refractivity contribution in [3.63, 3.8) is 0 Å². The van der Waals surface area contributed by atoms with Crippen LogP contribution in [0.1, 0.15) is 6.92 Å². The molecule has 0 atom stereocenters. The SMILES string of the molecule is CCOCCN1CCN(C)C1(F)F. The summed E-state index contributed by atoms with van der Waals surface area (Å²) in [5.74, 6) is 0. The molecule has 0 bridgehead atoms. The van der Waals surface area contributed by atoms with E-state index in [4.69, 9.17) is 4.74 Å². The number of rotatable bonds is 4. The van der Waals surface area contributed by atoms with Gasteiger partial charge in [-0.05, 0) is 14.0 Å². The summed E-state index contributed by atoms with van der Waals surface area (Å²) in [6, 6.07) is 0. The lowest BCUT2D eigenvalue weighted by molar-refractivity contribution is -0.204. The number of halogens is 2. The first kappa shape index (κ1) is 10.8. The number of nitrogens with zero attached hydrogens (tertiary/aromatic N) is 2. The van der Waals surface area contributed by atoms with Gasteiger partial charge in [-0.3, -0.25) is 0 Å². The van der Waals surface area contributed by atoms with Crippen molar-refractivity contribution in [1.82, 2.24) is 9.80 Å². The minimum atomic E-state index is -2.79. The third-order valence-corrected chi connectivity index (χ3v) is 2.25. The molecule has 0 spiro atoms. The molecule has 1 rings (SSSR count). The zero-order valence-corrected chi connectivity index (χ0v) is 8.09. The lowest BCUT2D eigenvalue weighted by Crippen LogP contribution is -2.45. The summed E-state index contributed by atoms with van der Waals surface area (Å²) in [5.41, 5.74) is 0. The summed E-state index contributed by atoms with van der Waals surface area (Å²) in [5, 5.41) is 0. The van der Waals surface area contributed by atoms with Gasteiger partial charge in [-0.2, -0.15) is 8.78 Å². The number of hydrogen-bond acceptors (Lipinski definition) is 3. The standard InChI is InChI=1S/C8H16F2N2O/c1-3-13-7-6-12-5-4-11(2)8(12,9)10/h3-7H2,1-2H3. The Balaban J connectivity index is 2.34. The molecule has 0 aliphatic carbocycles. The van der Waals surface area contributed by atoms with E-state index in [1.54, 1.807) is 0 Å². The molecule has 1 aliphatic rings. The van der Waals surface area contributed by atoms with Gasteiger partial charge in [0.05, 0.1) is 6.61 Å². The highest BCUT2D eigenvalue weighted by Crippen LogP contribution is 2.27. The normalized spacial score (nSPS) is 24.0. The molecule has 0 aromatic rings. The van der Waals surface area contributed by atoms with Crippen LogP contribution < -0.4 is 0 Å². The highest BCUT2D eigenvalue weighted by Gasteiger charge is 2.46. The molecule has 0 saturated carbocycles. The summed E-state index contributed by atoms with van der Waals surface area (Å²) in [7, 11) is 1.43. The van der Waals surface area contributed by atoms with E-state index in [2.05, 4.69) is 0 Å². The summed E-state index contributed by atoms with van der Waals surface area (Å²) in [6.07, 6.45) is -2.79. The monoisotopic (exact) mass is 194 g/mol. The Labute approximate surface area is 77.3 Å². The number of likely N-dealkylation sites (N-methyl/N-ethyl adjacent to an activating group) is 1. The molecule has 0 aromatic carbocycles. The molecular weight excluding hydrogens is 178 g/mol. The maximum absolute atomic E-state index is 13.2. The summed E-state index contributed by atoms with van der Waals surface area (Å²) < 4.78 is 31.5. The molecule has 0 aromatic heterocycles. The summed E-state index contributed by atoms with van der Waals surface area (Å²) >= 11 is 0. The second-order valence-corrected chi connectivity index (χ2v) is 3.12. The van der Waals surface area contributed by atoms with Crippen molar-refractivity contribution in [2.75, 3.05) is 39.9 Å². The molecule has 5 heteroatoms. The van der Waals surface area contributed by atoms with E-state index in [0.717, 1.165) is 9.80 Å². The zero-order chi connectivity index (χ0) is 9.90. The predicted octanol–water partition coefficient (Wildman–Crippen LogP) is 0.821. The zero-order valence-electron chi connectivity index (χ0n) is 8.09. The average Bonchev–Trinajstić information content (AvgIpc) is 2.32. The minimum Gasteiger partial charge on any atom is -0.380 e. The van der Waals surface area contributed by atoms with Crippen molar-refractivity contribution in [2.45, 2.75) is 13.1 Å². The van der Waals surface area contributed by atoms with E-state index in [1.165, 1.54) is 7.05 Å². The Bertz CT molecular complexity index is 166. The van der Waals surface area contributed by atoms with Crippen LogP contribution in [0.2, 0.25) is 0 Å². The van der Waals surface area contributed by atoms with Gasteiger partial charge in [-0.1, -0.05) is 0 Å². The Morgan fingerprint density at radius 1 is 1.38 bits per heavy atom. The molecule has 3 nitrogen and oxygen atoms in total. The van der Waals surface area contributed by atoms with Gasteiger partial charge in [-0.15, -0.1) is 0 Å². The second kappa shape index (κ2) is 4.30. The largest absolute Gasteiger partial charge is 0.380 e.